The highest BCUT2D eigenvalue weighted by Crippen LogP contribution is 2.30. The van der Waals surface area contributed by atoms with Crippen molar-refractivity contribution in [3.8, 4) is 5.75 Å². The third-order valence-electron chi connectivity index (χ3n) is 3.56. The van der Waals surface area contributed by atoms with Gasteiger partial charge < -0.3 is 14.6 Å². The number of carboxylic acid groups (broad SMARTS) is 1. The van der Waals surface area contributed by atoms with E-state index in [0.717, 1.165) is 5.56 Å². The average Bonchev–Trinajstić information content (AvgIpc) is 2.84. The maximum Gasteiger partial charge on any atom is 0.411 e. The van der Waals surface area contributed by atoms with Gasteiger partial charge in [-0.15, -0.1) is 0 Å². The Morgan fingerprint density at radius 2 is 2.00 bits per heavy atom. The molecule has 1 aromatic carbocycles. The number of hydrogen-bond donors (Lipinski definition) is 1. The number of rotatable bonds is 3. The van der Waals surface area contributed by atoms with Crippen molar-refractivity contribution in [2.45, 2.75) is 51.9 Å². The van der Waals surface area contributed by atoms with Crippen molar-refractivity contribution < 1.29 is 24.2 Å². The molecule has 1 fully saturated rings. The molecule has 0 spiro atoms. The zero-order chi connectivity index (χ0) is 18.1. The lowest BCUT2D eigenvalue weighted by Crippen LogP contribution is -2.43. The highest BCUT2D eigenvalue weighted by Gasteiger charge is 2.42. The zero-order valence-electron chi connectivity index (χ0n) is 14.2. The molecule has 1 N–H and O–H groups in total. The van der Waals surface area contributed by atoms with Gasteiger partial charge in [0.25, 0.3) is 0 Å². The third-order valence-corrected chi connectivity index (χ3v) is 3.85. The SMILES string of the molecule is Cc1ccc(O[C@@H]2C[C@@H](C(=O)O)N(C(=O)OC(C)(C)C)C2)c(Cl)c1. The summed E-state index contributed by atoms with van der Waals surface area (Å²) in [6.07, 6.45) is -0.937. The Hall–Kier alpha value is -1.95. The summed E-state index contributed by atoms with van der Waals surface area (Å²) in [6.45, 7) is 7.25. The Labute approximate surface area is 146 Å². The molecule has 2 rings (SSSR count). The number of likely N-dealkylation sites (tertiary alicyclic amines) is 1. The summed E-state index contributed by atoms with van der Waals surface area (Å²) < 4.78 is 11.1. The fourth-order valence-electron chi connectivity index (χ4n) is 2.52. The summed E-state index contributed by atoms with van der Waals surface area (Å²) in [5, 5.41) is 9.83. The van der Waals surface area contributed by atoms with Gasteiger partial charge in [-0.3, -0.25) is 4.90 Å². The van der Waals surface area contributed by atoms with Gasteiger partial charge in [-0.05, 0) is 45.4 Å². The van der Waals surface area contributed by atoms with E-state index in [1.807, 2.05) is 13.0 Å². The summed E-state index contributed by atoms with van der Waals surface area (Å²) in [5.41, 5.74) is 0.303. The second-order valence-corrected chi connectivity index (χ2v) is 7.30. The fraction of sp³-hybridized carbons (Fsp3) is 0.529. The van der Waals surface area contributed by atoms with Gasteiger partial charge in [-0.25, -0.2) is 9.59 Å². The second kappa shape index (κ2) is 6.89. The molecule has 24 heavy (non-hydrogen) atoms. The first-order valence-corrected chi connectivity index (χ1v) is 8.10. The van der Waals surface area contributed by atoms with Gasteiger partial charge in [0.05, 0.1) is 11.6 Å². The van der Waals surface area contributed by atoms with Crippen LogP contribution in [0.3, 0.4) is 0 Å². The van der Waals surface area contributed by atoms with Gasteiger partial charge in [0.2, 0.25) is 0 Å². The predicted molar refractivity (Wildman–Crippen MR) is 89.6 cm³/mol. The minimum Gasteiger partial charge on any atom is -0.487 e. The lowest BCUT2D eigenvalue weighted by molar-refractivity contribution is -0.142. The molecule has 2 atom stereocenters. The largest absolute Gasteiger partial charge is 0.487 e. The van der Waals surface area contributed by atoms with Crippen LogP contribution in [0.2, 0.25) is 5.02 Å². The van der Waals surface area contributed by atoms with Crippen molar-refractivity contribution in [1.29, 1.82) is 0 Å². The maximum atomic E-state index is 12.2. The van der Waals surface area contributed by atoms with Gasteiger partial charge in [0.15, 0.2) is 0 Å². The molecular formula is C17H22ClNO5. The summed E-state index contributed by atoms with van der Waals surface area (Å²) >= 11 is 6.15. The minimum atomic E-state index is -1.08. The average molecular weight is 356 g/mol. The Bertz CT molecular complexity index is 640. The van der Waals surface area contributed by atoms with Gasteiger partial charge in [-0.2, -0.15) is 0 Å². The fourth-order valence-corrected chi connectivity index (χ4v) is 2.80. The van der Waals surface area contributed by atoms with Crippen molar-refractivity contribution >= 4 is 23.7 Å². The normalized spacial score (nSPS) is 20.8. The number of carboxylic acids is 1. The standard InChI is InChI=1S/C17H22ClNO5/c1-10-5-6-14(12(18)7-10)23-11-8-13(15(20)21)19(9-11)16(22)24-17(2,3)4/h5-7,11,13H,8-9H2,1-4H3,(H,20,21)/t11-,13+/m1/s1. The van der Waals surface area contributed by atoms with E-state index in [1.54, 1.807) is 32.9 Å². The molecule has 0 aliphatic carbocycles. The molecule has 132 valence electrons. The number of aliphatic carboxylic acids is 1. The molecule has 6 nitrogen and oxygen atoms in total. The topological polar surface area (TPSA) is 76.1 Å². The quantitative estimate of drug-likeness (QED) is 0.898. The molecule has 0 bridgehead atoms. The van der Waals surface area contributed by atoms with Gasteiger partial charge >= 0.3 is 12.1 Å². The van der Waals surface area contributed by atoms with Gasteiger partial charge in [0, 0.05) is 6.42 Å². The van der Waals surface area contributed by atoms with Crippen LogP contribution in [0.1, 0.15) is 32.8 Å². The van der Waals surface area contributed by atoms with Crippen LogP contribution in [0, 0.1) is 6.92 Å². The van der Waals surface area contributed by atoms with E-state index < -0.39 is 29.8 Å². The van der Waals surface area contributed by atoms with Crippen LogP contribution in [0.5, 0.6) is 5.75 Å². The molecule has 1 aliphatic rings. The van der Waals surface area contributed by atoms with E-state index in [9.17, 15) is 14.7 Å². The van der Waals surface area contributed by atoms with Crippen molar-refractivity contribution in [2.75, 3.05) is 6.54 Å². The highest BCUT2D eigenvalue weighted by molar-refractivity contribution is 6.32. The number of benzene rings is 1. The number of amides is 1. The zero-order valence-corrected chi connectivity index (χ0v) is 15.0. The summed E-state index contributed by atoms with van der Waals surface area (Å²) in [7, 11) is 0. The first kappa shape index (κ1) is 18.4. The number of ether oxygens (including phenoxy) is 2. The molecular weight excluding hydrogens is 334 g/mol. The van der Waals surface area contributed by atoms with Crippen LogP contribution in [-0.2, 0) is 9.53 Å². The summed E-state index contributed by atoms with van der Waals surface area (Å²) in [4.78, 5) is 24.9. The Morgan fingerprint density at radius 3 is 2.54 bits per heavy atom. The van der Waals surface area contributed by atoms with Crippen LogP contribution >= 0.6 is 11.6 Å². The molecule has 0 radical (unpaired) electrons. The molecule has 1 aliphatic heterocycles. The Morgan fingerprint density at radius 1 is 1.33 bits per heavy atom. The molecule has 0 aromatic heterocycles. The van der Waals surface area contributed by atoms with E-state index in [4.69, 9.17) is 21.1 Å². The van der Waals surface area contributed by atoms with Crippen molar-refractivity contribution in [2.24, 2.45) is 0 Å². The first-order chi connectivity index (χ1) is 11.1. The molecule has 1 saturated heterocycles. The van der Waals surface area contributed by atoms with Crippen molar-refractivity contribution in [3.63, 3.8) is 0 Å². The van der Waals surface area contributed by atoms with E-state index in [2.05, 4.69) is 0 Å². The Kier molecular flexibility index (Phi) is 5.28. The Balaban J connectivity index is 2.11. The number of hydrogen-bond acceptors (Lipinski definition) is 4. The highest BCUT2D eigenvalue weighted by atomic mass is 35.5. The van der Waals surface area contributed by atoms with Crippen molar-refractivity contribution in [3.05, 3.63) is 28.8 Å². The van der Waals surface area contributed by atoms with Crippen LogP contribution in [0.15, 0.2) is 18.2 Å². The van der Waals surface area contributed by atoms with Crippen LogP contribution in [0.4, 0.5) is 4.79 Å². The molecule has 0 saturated carbocycles. The van der Waals surface area contributed by atoms with Crippen LogP contribution < -0.4 is 4.74 Å². The lowest BCUT2D eigenvalue weighted by atomic mass is 10.2. The molecule has 0 unspecified atom stereocenters. The molecule has 7 heteroatoms. The first-order valence-electron chi connectivity index (χ1n) is 7.72. The number of nitrogens with zero attached hydrogens (tertiary/aromatic N) is 1. The predicted octanol–water partition coefficient (Wildman–Crippen LogP) is 3.49. The molecule has 1 amide bonds. The van der Waals surface area contributed by atoms with E-state index in [1.165, 1.54) is 4.90 Å². The minimum absolute atomic E-state index is 0.135. The lowest BCUT2D eigenvalue weighted by Gasteiger charge is -2.26. The third kappa shape index (κ3) is 4.54. The monoisotopic (exact) mass is 355 g/mol. The van der Waals surface area contributed by atoms with Crippen molar-refractivity contribution in [1.82, 2.24) is 4.90 Å². The van der Waals surface area contributed by atoms with E-state index >= 15 is 0 Å². The summed E-state index contributed by atoms with van der Waals surface area (Å²) in [5.74, 6) is -0.607. The van der Waals surface area contributed by atoms with Gasteiger partial charge in [0.1, 0.15) is 23.5 Å². The van der Waals surface area contributed by atoms with Crippen LogP contribution in [-0.4, -0.2) is 46.4 Å². The maximum absolute atomic E-state index is 12.2. The smallest absolute Gasteiger partial charge is 0.411 e. The van der Waals surface area contributed by atoms with E-state index in [0.29, 0.717) is 10.8 Å². The molecule has 1 heterocycles. The number of halogens is 1. The summed E-state index contributed by atoms with van der Waals surface area (Å²) in [6, 6.07) is 4.39. The number of aryl methyl sites for hydroxylation is 1. The van der Waals surface area contributed by atoms with E-state index in [-0.39, 0.29) is 13.0 Å². The van der Waals surface area contributed by atoms with Gasteiger partial charge in [-0.1, -0.05) is 17.7 Å². The number of carbonyl (C=O) groups is 2. The van der Waals surface area contributed by atoms with Crippen LogP contribution in [0.25, 0.3) is 0 Å². The molecule has 1 aromatic rings. The number of carbonyl (C=O) groups excluding carboxylic acids is 1. The second-order valence-electron chi connectivity index (χ2n) is 6.90.